The van der Waals surface area contributed by atoms with E-state index in [0.717, 1.165) is 0 Å². The molecule has 0 aliphatic carbocycles. The van der Waals surface area contributed by atoms with Crippen LogP contribution in [0, 0.1) is 6.92 Å². The lowest BCUT2D eigenvalue weighted by molar-refractivity contribution is 0.577. The summed E-state index contributed by atoms with van der Waals surface area (Å²) < 4.78 is 0. The van der Waals surface area contributed by atoms with Crippen LogP contribution in [0.1, 0.15) is 63.0 Å². The monoisotopic (exact) mass is 205 g/mol. The van der Waals surface area contributed by atoms with Crippen molar-refractivity contribution in [1.29, 1.82) is 0 Å². The van der Waals surface area contributed by atoms with Crippen molar-refractivity contribution in [1.82, 2.24) is 4.98 Å². The summed E-state index contributed by atoms with van der Waals surface area (Å²) in [5.41, 5.74) is 2.81. The van der Waals surface area contributed by atoms with Gasteiger partial charge in [0, 0.05) is 12.4 Å². The second-order valence-corrected chi connectivity index (χ2v) is 4.48. The Bertz CT molecular complexity index is 280. The van der Waals surface area contributed by atoms with Gasteiger partial charge in [0.2, 0.25) is 0 Å². The lowest BCUT2D eigenvalue weighted by atomic mass is 9.93. The zero-order chi connectivity index (χ0) is 11.1. The second-order valence-electron chi connectivity index (χ2n) is 4.48. The molecule has 1 aromatic rings. The first-order chi connectivity index (χ1) is 7.25. The molecule has 0 fully saturated rings. The molecule has 0 aliphatic heterocycles. The van der Waals surface area contributed by atoms with E-state index in [1.165, 1.54) is 43.2 Å². The van der Waals surface area contributed by atoms with Gasteiger partial charge in [-0.1, -0.05) is 39.5 Å². The van der Waals surface area contributed by atoms with Gasteiger partial charge in [-0.2, -0.15) is 0 Å². The number of rotatable bonds is 6. The largest absolute Gasteiger partial charge is 0.264 e. The Labute approximate surface area is 93.9 Å². The van der Waals surface area contributed by atoms with Gasteiger partial charge in [0.25, 0.3) is 0 Å². The van der Waals surface area contributed by atoms with Crippen molar-refractivity contribution < 1.29 is 0 Å². The zero-order valence-electron chi connectivity index (χ0n) is 10.3. The van der Waals surface area contributed by atoms with E-state index in [1.807, 2.05) is 12.4 Å². The predicted octanol–water partition coefficient (Wildman–Crippen LogP) is 4.46. The molecule has 1 rings (SSSR count). The summed E-state index contributed by atoms with van der Waals surface area (Å²) in [6, 6.07) is 2.11. The van der Waals surface area contributed by atoms with Crippen molar-refractivity contribution >= 4 is 0 Å². The fourth-order valence-corrected chi connectivity index (χ4v) is 2.02. The van der Waals surface area contributed by atoms with Crippen LogP contribution in [0.4, 0.5) is 0 Å². The molecule has 0 aliphatic rings. The van der Waals surface area contributed by atoms with Crippen molar-refractivity contribution in [3.63, 3.8) is 0 Å². The van der Waals surface area contributed by atoms with Crippen LogP contribution in [0.2, 0.25) is 0 Å². The molecule has 0 saturated carbocycles. The Balaban J connectivity index is 2.40. The molecular formula is C14H23N. The average Bonchev–Trinajstić information content (AvgIpc) is 2.25. The van der Waals surface area contributed by atoms with Gasteiger partial charge >= 0.3 is 0 Å². The Morgan fingerprint density at radius 2 is 2.07 bits per heavy atom. The number of hydrogen-bond acceptors (Lipinski definition) is 1. The van der Waals surface area contributed by atoms with E-state index in [9.17, 15) is 0 Å². The molecule has 0 aromatic carbocycles. The number of aromatic nitrogens is 1. The van der Waals surface area contributed by atoms with Gasteiger partial charge in [0.05, 0.1) is 0 Å². The van der Waals surface area contributed by atoms with Crippen molar-refractivity contribution in [2.24, 2.45) is 0 Å². The van der Waals surface area contributed by atoms with Crippen LogP contribution in [-0.4, -0.2) is 4.98 Å². The quantitative estimate of drug-likeness (QED) is 0.625. The summed E-state index contributed by atoms with van der Waals surface area (Å²) in [6.45, 7) is 6.75. The van der Waals surface area contributed by atoms with Crippen molar-refractivity contribution in [2.45, 2.75) is 58.8 Å². The number of pyridine rings is 1. The van der Waals surface area contributed by atoms with Gasteiger partial charge in [0.1, 0.15) is 0 Å². The van der Waals surface area contributed by atoms with E-state index in [1.54, 1.807) is 0 Å². The van der Waals surface area contributed by atoms with Crippen LogP contribution in [-0.2, 0) is 0 Å². The molecule has 1 heteroatoms. The molecule has 84 valence electrons. The van der Waals surface area contributed by atoms with Crippen molar-refractivity contribution in [3.05, 3.63) is 29.6 Å². The third-order valence-corrected chi connectivity index (χ3v) is 3.10. The summed E-state index contributed by atoms with van der Waals surface area (Å²) in [4.78, 5) is 4.21. The van der Waals surface area contributed by atoms with Gasteiger partial charge < -0.3 is 0 Å². The van der Waals surface area contributed by atoms with Gasteiger partial charge in [0.15, 0.2) is 0 Å². The fraction of sp³-hybridized carbons (Fsp3) is 0.643. The summed E-state index contributed by atoms with van der Waals surface area (Å²) in [5.74, 6) is 0.663. The van der Waals surface area contributed by atoms with Crippen LogP contribution in [0.15, 0.2) is 18.5 Å². The molecule has 15 heavy (non-hydrogen) atoms. The number of unbranched alkanes of at least 4 members (excludes halogenated alkanes) is 3. The Hall–Kier alpha value is -0.850. The van der Waals surface area contributed by atoms with Gasteiger partial charge in [-0.25, -0.2) is 0 Å². The molecule has 0 amide bonds. The van der Waals surface area contributed by atoms with Crippen molar-refractivity contribution in [2.75, 3.05) is 0 Å². The maximum Gasteiger partial charge on any atom is 0.0305 e. The molecule has 1 atom stereocenters. The Kier molecular flexibility index (Phi) is 5.38. The molecule has 0 saturated heterocycles. The maximum atomic E-state index is 4.21. The first-order valence-electron chi connectivity index (χ1n) is 6.16. The number of hydrogen-bond donors (Lipinski definition) is 0. The minimum Gasteiger partial charge on any atom is -0.264 e. The third-order valence-electron chi connectivity index (χ3n) is 3.10. The molecule has 1 nitrogen and oxygen atoms in total. The zero-order valence-corrected chi connectivity index (χ0v) is 10.3. The fourth-order valence-electron chi connectivity index (χ4n) is 2.02. The molecule has 0 spiro atoms. The smallest absolute Gasteiger partial charge is 0.0305 e. The van der Waals surface area contributed by atoms with Gasteiger partial charge in [-0.3, -0.25) is 4.98 Å². The summed E-state index contributed by atoms with van der Waals surface area (Å²) in [7, 11) is 0. The standard InChI is InChI=1S/C14H23N/c1-4-5-6-7-8-12(2)14-11-15-10-9-13(14)3/h9-12H,4-8H2,1-3H3. The van der Waals surface area contributed by atoms with E-state index in [0.29, 0.717) is 5.92 Å². The lowest BCUT2D eigenvalue weighted by Gasteiger charge is -2.13. The van der Waals surface area contributed by atoms with Crippen LogP contribution < -0.4 is 0 Å². The van der Waals surface area contributed by atoms with Crippen LogP contribution in [0.5, 0.6) is 0 Å². The summed E-state index contributed by atoms with van der Waals surface area (Å²) >= 11 is 0. The molecule has 1 heterocycles. The van der Waals surface area contributed by atoms with E-state index in [4.69, 9.17) is 0 Å². The molecule has 0 N–H and O–H groups in total. The van der Waals surface area contributed by atoms with Gasteiger partial charge in [-0.05, 0) is 36.5 Å². The van der Waals surface area contributed by atoms with Gasteiger partial charge in [-0.15, -0.1) is 0 Å². The molecule has 1 unspecified atom stereocenters. The van der Waals surface area contributed by atoms with Crippen molar-refractivity contribution in [3.8, 4) is 0 Å². The Morgan fingerprint density at radius 1 is 1.27 bits per heavy atom. The normalized spacial score (nSPS) is 12.7. The van der Waals surface area contributed by atoms with Crippen LogP contribution in [0.3, 0.4) is 0 Å². The highest BCUT2D eigenvalue weighted by molar-refractivity contribution is 5.24. The van der Waals surface area contributed by atoms with Crippen LogP contribution in [0.25, 0.3) is 0 Å². The highest BCUT2D eigenvalue weighted by Crippen LogP contribution is 2.23. The summed E-state index contributed by atoms with van der Waals surface area (Å²) in [5, 5.41) is 0. The number of aryl methyl sites for hydroxylation is 1. The van der Waals surface area contributed by atoms with Crippen LogP contribution >= 0.6 is 0 Å². The first-order valence-corrected chi connectivity index (χ1v) is 6.16. The predicted molar refractivity (Wildman–Crippen MR) is 66.1 cm³/mol. The third kappa shape index (κ3) is 4.03. The second kappa shape index (κ2) is 6.60. The minimum atomic E-state index is 0.663. The number of nitrogens with zero attached hydrogens (tertiary/aromatic N) is 1. The SMILES string of the molecule is CCCCCCC(C)c1cnccc1C. The topological polar surface area (TPSA) is 12.9 Å². The van der Waals surface area contributed by atoms with E-state index >= 15 is 0 Å². The Morgan fingerprint density at radius 3 is 2.73 bits per heavy atom. The molecule has 0 radical (unpaired) electrons. The molecule has 0 bridgehead atoms. The minimum absolute atomic E-state index is 0.663. The highest BCUT2D eigenvalue weighted by atomic mass is 14.6. The highest BCUT2D eigenvalue weighted by Gasteiger charge is 2.07. The maximum absolute atomic E-state index is 4.21. The lowest BCUT2D eigenvalue weighted by Crippen LogP contribution is -1.97. The average molecular weight is 205 g/mol. The van der Waals surface area contributed by atoms with E-state index in [-0.39, 0.29) is 0 Å². The molecular weight excluding hydrogens is 182 g/mol. The summed E-state index contributed by atoms with van der Waals surface area (Å²) in [6.07, 6.45) is 10.6. The van der Waals surface area contributed by atoms with E-state index in [2.05, 4.69) is 31.8 Å². The molecule has 1 aromatic heterocycles. The first kappa shape index (κ1) is 12.2. The van der Waals surface area contributed by atoms with E-state index < -0.39 is 0 Å².